The zero-order valence-corrected chi connectivity index (χ0v) is 13.0. The number of carbonyl (C=O) groups excluding carboxylic acids is 1. The minimum absolute atomic E-state index is 0.0639. The predicted molar refractivity (Wildman–Crippen MR) is 90.5 cm³/mol. The van der Waals surface area contributed by atoms with Gasteiger partial charge in [0.15, 0.2) is 0 Å². The summed E-state index contributed by atoms with van der Waals surface area (Å²) in [6, 6.07) is 19.5. The molecule has 5 heteroatoms. The Balaban J connectivity index is 1.92. The summed E-state index contributed by atoms with van der Waals surface area (Å²) in [5, 5.41) is 17.0. The van der Waals surface area contributed by atoms with Crippen molar-refractivity contribution in [1.29, 1.82) is 0 Å². The van der Waals surface area contributed by atoms with Crippen LogP contribution in [-0.4, -0.2) is 27.4 Å². The predicted octanol–water partition coefficient (Wildman–Crippen LogP) is 2.38. The fourth-order valence-electron chi connectivity index (χ4n) is 3.22. The minimum Gasteiger partial charge on any atom is -0.394 e. The molecule has 0 saturated carbocycles. The second kappa shape index (κ2) is 5.94. The second-order valence-electron chi connectivity index (χ2n) is 5.74. The Morgan fingerprint density at radius 2 is 1.71 bits per heavy atom. The molecule has 1 aliphatic heterocycles. The van der Waals surface area contributed by atoms with E-state index in [1.54, 1.807) is 4.68 Å². The van der Waals surface area contributed by atoms with E-state index < -0.39 is 0 Å². The first-order chi connectivity index (χ1) is 11.8. The van der Waals surface area contributed by atoms with Crippen LogP contribution < -0.4 is 5.32 Å². The summed E-state index contributed by atoms with van der Waals surface area (Å²) >= 11 is 0. The van der Waals surface area contributed by atoms with Crippen molar-refractivity contribution in [2.45, 2.75) is 12.6 Å². The summed E-state index contributed by atoms with van der Waals surface area (Å²) in [7, 11) is 0. The van der Waals surface area contributed by atoms with Crippen LogP contribution in [0.3, 0.4) is 0 Å². The molecule has 4 rings (SSSR count). The monoisotopic (exact) mass is 319 g/mol. The van der Waals surface area contributed by atoms with Crippen molar-refractivity contribution in [2.24, 2.45) is 0 Å². The zero-order chi connectivity index (χ0) is 16.5. The summed E-state index contributed by atoms with van der Waals surface area (Å²) in [6.45, 7) is 0.232. The summed E-state index contributed by atoms with van der Waals surface area (Å²) in [4.78, 5) is 12.5. The highest BCUT2D eigenvalue weighted by Gasteiger charge is 2.37. The lowest BCUT2D eigenvalue weighted by Crippen LogP contribution is -2.23. The Morgan fingerprint density at radius 3 is 2.38 bits per heavy atom. The number of fused-ring (bicyclic) bond motifs is 1. The van der Waals surface area contributed by atoms with Crippen LogP contribution >= 0.6 is 0 Å². The number of hydrogen-bond acceptors (Lipinski definition) is 3. The topological polar surface area (TPSA) is 67.2 Å². The quantitative estimate of drug-likeness (QED) is 0.776. The van der Waals surface area contributed by atoms with Crippen molar-refractivity contribution < 1.29 is 9.90 Å². The van der Waals surface area contributed by atoms with Crippen LogP contribution in [0.4, 0.5) is 0 Å². The van der Waals surface area contributed by atoms with Crippen molar-refractivity contribution in [3.05, 3.63) is 77.5 Å². The standard InChI is InChI=1S/C19H17N3O2/c23-12-11-22-18-15(17(21-22)14-9-5-2-6-10-14)16(20-19(18)24)13-7-3-1-4-8-13/h1-10,16,23H,11-12H2,(H,20,24). The highest BCUT2D eigenvalue weighted by Crippen LogP contribution is 2.38. The summed E-state index contributed by atoms with van der Waals surface area (Å²) in [5.74, 6) is -0.151. The van der Waals surface area contributed by atoms with Crippen LogP contribution in [0, 0.1) is 0 Å². The molecule has 24 heavy (non-hydrogen) atoms. The Kier molecular flexibility index (Phi) is 3.63. The van der Waals surface area contributed by atoms with Gasteiger partial charge in [0.2, 0.25) is 0 Å². The number of amides is 1. The third-order valence-corrected chi connectivity index (χ3v) is 4.26. The van der Waals surface area contributed by atoms with Crippen molar-refractivity contribution in [2.75, 3.05) is 6.61 Å². The highest BCUT2D eigenvalue weighted by atomic mass is 16.3. The number of aliphatic hydroxyl groups is 1. The van der Waals surface area contributed by atoms with E-state index in [1.165, 1.54) is 0 Å². The van der Waals surface area contributed by atoms with Gasteiger partial charge in [-0.25, -0.2) is 0 Å². The Morgan fingerprint density at radius 1 is 1.04 bits per heavy atom. The number of rotatable bonds is 4. The molecule has 2 aromatic carbocycles. The zero-order valence-electron chi connectivity index (χ0n) is 13.0. The van der Waals surface area contributed by atoms with Crippen molar-refractivity contribution in [3.8, 4) is 11.3 Å². The largest absolute Gasteiger partial charge is 0.394 e. The summed E-state index contributed by atoms with van der Waals surface area (Å²) < 4.78 is 1.61. The first kappa shape index (κ1) is 14.7. The molecule has 0 bridgehead atoms. The fraction of sp³-hybridized carbons (Fsp3) is 0.158. The lowest BCUT2D eigenvalue weighted by molar-refractivity contribution is 0.0949. The molecule has 1 aliphatic rings. The summed E-state index contributed by atoms with van der Waals surface area (Å²) in [5.41, 5.74) is 4.18. The van der Waals surface area contributed by atoms with Crippen LogP contribution in [0.15, 0.2) is 60.7 Å². The lowest BCUT2D eigenvalue weighted by Gasteiger charge is -2.13. The van der Waals surface area contributed by atoms with Gasteiger partial charge in [-0.1, -0.05) is 60.7 Å². The molecule has 1 aromatic heterocycles. The Bertz CT molecular complexity index is 872. The van der Waals surface area contributed by atoms with Gasteiger partial charge in [-0.2, -0.15) is 5.10 Å². The molecule has 0 spiro atoms. The van der Waals surface area contributed by atoms with Crippen molar-refractivity contribution in [3.63, 3.8) is 0 Å². The maximum atomic E-state index is 12.5. The van der Waals surface area contributed by atoms with Gasteiger partial charge in [-0.05, 0) is 5.56 Å². The van der Waals surface area contributed by atoms with Gasteiger partial charge in [0.05, 0.1) is 24.9 Å². The number of hydrogen-bond donors (Lipinski definition) is 2. The number of benzene rings is 2. The van der Waals surface area contributed by atoms with E-state index in [0.717, 1.165) is 22.4 Å². The third kappa shape index (κ3) is 2.30. The van der Waals surface area contributed by atoms with E-state index in [0.29, 0.717) is 12.2 Å². The van der Waals surface area contributed by atoms with Gasteiger partial charge in [-0.3, -0.25) is 9.48 Å². The Hall–Kier alpha value is -2.92. The van der Waals surface area contributed by atoms with Gasteiger partial charge < -0.3 is 10.4 Å². The number of carbonyl (C=O) groups is 1. The molecule has 1 amide bonds. The average molecular weight is 319 g/mol. The van der Waals surface area contributed by atoms with Crippen LogP contribution in [0.1, 0.15) is 27.7 Å². The molecule has 0 fully saturated rings. The smallest absolute Gasteiger partial charge is 0.270 e. The minimum atomic E-state index is -0.226. The van der Waals surface area contributed by atoms with Gasteiger partial charge in [0, 0.05) is 11.1 Å². The Labute approximate surface area is 139 Å². The molecule has 1 unspecified atom stereocenters. The normalized spacial score (nSPS) is 16.0. The van der Waals surface area contributed by atoms with Gasteiger partial charge >= 0.3 is 0 Å². The van der Waals surface area contributed by atoms with Crippen LogP contribution in [0.2, 0.25) is 0 Å². The van der Waals surface area contributed by atoms with Gasteiger partial charge in [0.1, 0.15) is 5.69 Å². The summed E-state index contributed by atoms with van der Waals surface area (Å²) in [6.07, 6.45) is 0. The van der Waals surface area contributed by atoms with E-state index >= 15 is 0 Å². The third-order valence-electron chi connectivity index (χ3n) is 4.26. The maximum absolute atomic E-state index is 12.5. The van der Waals surface area contributed by atoms with Crippen LogP contribution in [0.5, 0.6) is 0 Å². The molecule has 120 valence electrons. The van der Waals surface area contributed by atoms with Crippen LogP contribution in [-0.2, 0) is 6.54 Å². The molecule has 0 radical (unpaired) electrons. The molecule has 0 saturated heterocycles. The molecule has 3 aromatic rings. The molecule has 0 aliphatic carbocycles. The first-order valence-corrected chi connectivity index (χ1v) is 7.92. The molecular formula is C19H17N3O2. The lowest BCUT2D eigenvalue weighted by atomic mass is 9.97. The molecule has 1 atom stereocenters. The number of aromatic nitrogens is 2. The van der Waals surface area contributed by atoms with Crippen molar-refractivity contribution in [1.82, 2.24) is 15.1 Å². The van der Waals surface area contributed by atoms with Crippen LogP contribution in [0.25, 0.3) is 11.3 Å². The number of nitrogens with one attached hydrogen (secondary N) is 1. The SMILES string of the molecule is O=C1NC(c2ccccc2)c2c(-c3ccccc3)nn(CCO)c21. The molecular weight excluding hydrogens is 302 g/mol. The van der Waals surface area contributed by atoms with Gasteiger partial charge in [-0.15, -0.1) is 0 Å². The van der Waals surface area contributed by atoms with Gasteiger partial charge in [0.25, 0.3) is 5.91 Å². The van der Waals surface area contributed by atoms with E-state index in [1.807, 2.05) is 60.7 Å². The van der Waals surface area contributed by atoms with E-state index in [-0.39, 0.29) is 18.6 Å². The van der Waals surface area contributed by atoms with E-state index in [4.69, 9.17) is 0 Å². The molecule has 5 nitrogen and oxygen atoms in total. The maximum Gasteiger partial charge on any atom is 0.270 e. The van der Waals surface area contributed by atoms with E-state index in [9.17, 15) is 9.90 Å². The number of aliphatic hydroxyl groups excluding tert-OH is 1. The fourth-order valence-corrected chi connectivity index (χ4v) is 3.22. The molecule has 2 N–H and O–H groups in total. The first-order valence-electron chi connectivity index (χ1n) is 7.92. The average Bonchev–Trinajstić information content (AvgIpc) is 3.16. The highest BCUT2D eigenvalue weighted by molar-refractivity contribution is 6.00. The number of nitrogens with zero attached hydrogens (tertiary/aromatic N) is 2. The molecule has 2 heterocycles. The second-order valence-corrected chi connectivity index (χ2v) is 5.74. The van der Waals surface area contributed by atoms with Crippen molar-refractivity contribution >= 4 is 5.91 Å². The van der Waals surface area contributed by atoms with E-state index in [2.05, 4.69) is 10.4 Å².